The van der Waals surface area contributed by atoms with Crippen molar-refractivity contribution in [2.75, 3.05) is 6.54 Å². The van der Waals surface area contributed by atoms with Gasteiger partial charge in [0.15, 0.2) is 5.96 Å². The van der Waals surface area contributed by atoms with E-state index in [0.717, 1.165) is 23.2 Å². The highest BCUT2D eigenvalue weighted by Gasteiger charge is 2.15. The third kappa shape index (κ3) is 8.43. The highest BCUT2D eigenvalue weighted by molar-refractivity contribution is 7.88. The summed E-state index contributed by atoms with van der Waals surface area (Å²) in [7, 11) is -3.39. The molecular formula is C21H29ClN4O2S. The van der Waals surface area contributed by atoms with Crippen LogP contribution in [0.1, 0.15) is 37.5 Å². The van der Waals surface area contributed by atoms with Crippen molar-refractivity contribution in [2.24, 2.45) is 4.99 Å². The van der Waals surface area contributed by atoms with Gasteiger partial charge in [0, 0.05) is 24.2 Å². The standard InChI is InChI=1S/C21H29ClN4O2S/c1-4-23-21(24-13-17-8-7-11-20(22)12-17)25-14-18-9-5-6-10-19(18)15-29(27,28)26-16(2)3/h5-12,16,26H,4,13-15H2,1-3H3,(H2,23,24,25). The molecule has 0 saturated carbocycles. The average Bonchev–Trinajstić information content (AvgIpc) is 2.63. The van der Waals surface area contributed by atoms with Crippen LogP contribution in [-0.2, 0) is 28.9 Å². The molecule has 0 atom stereocenters. The summed E-state index contributed by atoms with van der Waals surface area (Å²) in [5, 5.41) is 7.17. The predicted octanol–water partition coefficient (Wildman–Crippen LogP) is 3.42. The first kappa shape index (κ1) is 23.2. The SMILES string of the molecule is CCNC(=NCc1cccc(Cl)c1)NCc1ccccc1CS(=O)(=O)NC(C)C. The molecule has 3 N–H and O–H groups in total. The first-order chi connectivity index (χ1) is 13.8. The number of nitrogens with zero attached hydrogens (tertiary/aromatic N) is 1. The smallest absolute Gasteiger partial charge is 0.216 e. The van der Waals surface area contributed by atoms with E-state index in [1.165, 1.54) is 0 Å². The lowest BCUT2D eigenvalue weighted by atomic mass is 10.1. The Labute approximate surface area is 178 Å². The zero-order valence-corrected chi connectivity index (χ0v) is 18.6. The molecule has 0 bridgehead atoms. The number of nitrogens with one attached hydrogen (secondary N) is 3. The summed E-state index contributed by atoms with van der Waals surface area (Å²) in [5.41, 5.74) is 2.69. The van der Waals surface area contributed by atoms with E-state index in [4.69, 9.17) is 11.6 Å². The summed E-state index contributed by atoms with van der Waals surface area (Å²) in [6.45, 7) is 7.29. The van der Waals surface area contributed by atoms with E-state index in [0.29, 0.717) is 24.1 Å². The molecule has 2 rings (SSSR count). The lowest BCUT2D eigenvalue weighted by Crippen LogP contribution is -2.37. The molecule has 6 nitrogen and oxygen atoms in total. The molecule has 0 spiro atoms. The van der Waals surface area contributed by atoms with Crippen LogP contribution in [0, 0.1) is 0 Å². The molecule has 0 saturated heterocycles. The van der Waals surface area contributed by atoms with Gasteiger partial charge in [-0.05, 0) is 49.6 Å². The average molecular weight is 437 g/mol. The summed E-state index contributed by atoms with van der Waals surface area (Å²) in [4.78, 5) is 4.59. The lowest BCUT2D eigenvalue weighted by Gasteiger charge is -2.15. The van der Waals surface area contributed by atoms with Gasteiger partial charge < -0.3 is 10.6 Å². The van der Waals surface area contributed by atoms with E-state index in [1.54, 1.807) is 0 Å². The van der Waals surface area contributed by atoms with Gasteiger partial charge in [0.2, 0.25) is 10.0 Å². The van der Waals surface area contributed by atoms with Crippen LogP contribution in [0.2, 0.25) is 5.02 Å². The van der Waals surface area contributed by atoms with Crippen LogP contribution in [0.4, 0.5) is 0 Å². The fourth-order valence-corrected chi connectivity index (χ4v) is 4.51. The van der Waals surface area contributed by atoms with Crippen molar-refractivity contribution in [1.29, 1.82) is 0 Å². The quantitative estimate of drug-likeness (QED) is 0.415. The fraction of sp³-hybridized carbons (Fsp3) is 0.381. The van der Waals surface area contributed by atoms with Gasteiger partial charge in [-0.3, -0.25) is 0 Å². The summed E-state index contributed by atoms with van der Waals surface area (Å²) < 4.78 is 27.3. The Morgan fingerprint density at radius 3 is 2.45 bits per heavy atom. The molecule has 2 aromatic rings. The summed E-state index contributed by atoms with van der Waals surface area (Å²) in [6, 6.07) is 15.0. The van der Waals surface area contributed by atoms with Crippen molar-refractivity contribution >= 4 is 27.6 Å². The summed E-state index contributed by atoms with van der Waals surface area (Å²) in [6.07, 6.45) is 0. The number of sulfonamides is 1. The molecule has 0 amide bonds. The molecule has 0 aliphatic rings. The van der Waals surface area contributed by atoms with Crippen LogP contribution in [0.15, 0.2) is 53.5 Å². The Morgan fingerprint density at radius 1 is 1.07 bits per heavy atom. The van der Waals surface area contributed by atoms with Gasteiger partial charge in [0.1, 0.15) is 0 Å². The van der Waals surface area contributed by atoms with E-state index >= 15 is 0 Å². The van der Waals surface area contributed by atoms with Gasteiger partial charge in [-0.15, -0.1) is 0 Å². The molecule has 29 heavy (non-hydrogen) atoms. The molecule has 0 aliphatic carbocycles. The van der Waals surface area contributed by atoms with Crippen LogP contribution in [0.3, 0.4) is 0 Å². The van der Waals surface area contributed by atoms with Crippen molar-refractivity contribution < 1.29 is 8.42 Å². The third-order valence-corrected chi connectivity index (χ3v) is 5.74. The maximum absolute atomic E-state index is 12.3. The van der Waals surface area contributed by atoms with Crippen molar-refractivity contribution in [3.63, 3.8) is 0 Å². The number of guanidine groups is 1. The molecule has 0 unspecified atom stereocenters. The van der Waals surface area contributed by atoms with Crippen molar-refractivity contribution in [2.45, 2.75) is 45.7 Å². The minimum absolute atomic E-state index is 0.0563. The highest BCUT2D eigenvalue weighted by Crippen LogP contribution is 2.13. The second-order valence-corrected chi connectivity index (χ2v) is 9.17. The Morgan fingerprint density at radius 2 is 1.79 bits per heavy atom. The van der Waals surface area contributed by atoms with E-state index < -0.39 is 10.0 Å². The molecule has 0 aromatic heterocycles. The van der Waals surface area contributed by atoms with Crippen LogP contribution in [-0.4, -0.2) is 27.0 Å². The van der Waals surface area contributed by atoms with Crippen molar-refractivity contribution in [3.05, 3.63) is 70.2 Å². The number of rotatable bonds is 9. The normalized spacial score (nSPS) is 12.2. The van der Waals surface area contributed by atoms with Crippen molar-refractivity contribution in [3.8, 4) is 0 Å². The second-order valence-electron chi connectivity index (χ2n) is 6.98. The number of halogens is 1. The Hall–Kier alpha value is -2.09. The van der Waals surface area contributed by atoms with Gasteiger partial charge in [0.05, 0.1) is 12.3 Å². The van der Waals surface area contributed by atoms with Gasteiger partial charge in [0.25, 0.3) is 0 Å². The second kappa shape index (κ2) is 11.2. The minimum atomic E-state index is -3.39. The van der Waals surface area contributed by atoms with Gasteiger partial charge in [-0.2, -0.15) is 0 Å². The first-order valence-electron chi connectivity index (χ1n) is 9.62. The van der Waals surface area contributed by atoms with Crippen LogP contribution in [0.5, 0.6) is 0 Å². The summed E-state index contributed by atoms with van der Waals surface area (Å²) in [5.74, 6) is 0.601. The van der Waals surface area contributed by atoms with E-state index in [-0.39, 0.29) is 11.8 Å². The number of hydrogen-bond acceptors (Lipinski definition) is 3. The van der Waals surface area contributed by atoms with E-state index in [1.807, 2.05) is 69.3 Å². The van der Waals surface area contributed by atoms with E-state index in [9.17, 15) is 8.42 Å². The predicted molar refractivity (Wildman–Crippen MR) is 120 cm³/mol. The lowest BCUT2D eigenvalue weighted by molar-refractivity contribution is 0.568. The third-order valence-electron chi connectivity index (χ3n) is 3.98. The number of aliphatic imine (C=N–C) groups is 1. The maximum atomic E-state index is 12.3. The largest absolute Gasteiger partial charge is 0.357 e. The zero-order valence-electron chi connectivity index (χ0n) is 17.1. The van der Waals surface area contributed by atoms with Gasteiger partial charge in [-0.25, -0.2) is 18.1 Å². The molecule has 0 aliphatic heterocycles. The van der Waals surface area contributed by atoms with Gasteiger partial charge in [-0.1, -0.05) is 48.0 Å². The van der Waals surface area contributed by atoms with Crippen LogP contribution >= 0.6 is 11.6 Å². The number of benzene rings is 2. The minimum Gasteiger partial charge on any atom is -0.357 e. The molecule has 2 aromatic carbocycles. The molecule has 0 radical (unpaired) electrons. The van der Waals surface area contributed by atoms with Gasteiger partial charge >= 0.3 is 0 Å². The Bertz CT molecular complexity index is 930. The Balaban J connectivity index is 2.08. The Kier molecular flexibility index (Phi) is 8.95. The maximum Gasteiger partial charge on any atom is 0.216 e. The summed E-state index contributed by atoms with van der Waals surface area (Å²) >= 11 is 6.03. The molecule has 8 heteroatoms. The molecular weight excluding hydrogens is 408 g/mol. The van der Waals surface area contributed by atoms with Crippen LogP contribution < -0.4 is 15.4 Å². The zero-order chi connectivity index (χ0) is 21.3. The first-order valence-corrected chi connectivity index (χ1v) is 11.7. The molecule has 0 heterocycles. The van der Waals surface area contributed by atoms with E-state index in [2.05, 4.69) is 20.3 Å². The highest BCUT2D eigenvalue weighted by atomic mass is 35.5. The molecule has 0 fully saturated rings. The topological polar surface area (TPSA) is 82.6 Å². The fourth-order valence-electron chi connectivity index (χ4n) is 2.80. The van der Waals surface area contributed by atoms with Crippen molar-refractivity contribution in [1.82, 2.24) is 15.4 Å². The van der Waals surface area contributed by atoms with Crippen LogP contribution in [0.25, 0.3) is 0 Å². The number of hydrogen-bond donors (Lipinski definition) is 3. The molecule has 158 valence electrons. The monoisotopic (exact) mass is 436 g/mol.